The molecule has 0 spiro atoms. The first-order chi connectivity index (χ1) is 11.4. The Morgan fingerprint density at radius 2 is 1.21 bits per heavy atom. The van der Waals surface area contributed by atoms with Crippen molar-refractivity contribution in [3.8, 4) is 11.1 Å². The van der Waals surface area contributed by atoms with E-state index in [4.69, 9.17) is 9.31 Å². The van der Waals surface area contributed by atoms with Crippen molar-refractivity contribution in [3.63, 3.8) is 0 Å². The molecule has 0 unspecified atom stereocenters. The van der Waals surface area contributed by atoms with Crippen LogP contribution in [0.25, 0.3) is 11.1 Å². The Morgan fingerprint density at radius 3 is 1.67 bits per heavy atom. The average molecular weight is 320 g/mol. The first-order valence-corrected chi connectivity index (χ1v) is 8.92. The van der Waals surface area contributed by atoms with Gasteiger partial charge in [0.05, 0.1) is 11.2 Å². The largest absolute Gasteiger partial charge is 0.494 e. The quantitative estimate of drug-likeness (QED) is 0.774. The van der Waals surface area contributed by atoms with Crippen LogP contribution in [-0.2, 0) is 9.31 Å². The van der Waals surface area contributed by atoms with E-state index in [9.17, 15) is 0 Å². The second-order valence-corrected chi connectivity index (χ2v) is 8.11. The van der Waals surface area contributed by atoms with Crippen LogP contribution in [-0.4, -0.2) is 18.3 Å². The molecule has 1 saturated carbocycles. The first kappa shape index (κ1) is 15.9. The summed E-state index contributed by atoms with van der Waals surface area (Å²) in [5.41, 5.74) is 4.46. The molecule has 2 aliphatic rings. The van der Waals surface area contributed by atoms with Gasteiger partial charge >= 0.3 is 7.12 Å². The Morgan fingerprint density at radius 1 is 0.750 bits per heavy atom. The highest BCUT2D eigenvalue weighted by Gasteiger charge is 2.51. The lowest BCUT2D eigenvalue weighted by Gasteiger charge is -2.32. The van der Waals surface area contributed by atoms with E-state index in [1.54, 1.807) is 0 Å². The van der Waals surface area contributed by atoms with E-state index in [-0.39, 0.29) is 18.3 Å². The van der Waals surface area contributed by atoms with Crippen LogP contribution < -0.4 is 5.46 Å². The van der Waals surface area contributed by atoms with Gasteiger partial charge in [-0.3, -0.25) is 0 Å². The summed E-state index contributed by atoms with van der Waals surface area (Å²) >= 11 is 0. The number of hydrogen-bond acceptors (Lipinski definition) is 2. The molecule has 0 aromatic heterocycles. The smallest absolute Gasteiger partial charge is 0.399 e. The summed E-state index contributed by atoms with van der Waals surface area (Å²) in [6, 6.07) is 17.6. The van der Waals surface area contributed by atoms with Crippen LogP contribution in [0, 0.1) is 0 Å². The van der Waals surface area contributed by atoms with Crippen molar-refractivity contribution >= 4 is 12.6 Å². The van der Waals surface area contributed by atoms with Crippen LogP contribution in [0.1, 0.15) is 52.0 Å². The molecule has 2 nitrogen and oxygen atoms in total. The van der Waals surface area contributed by atoms with Gasteiger partial charge in [-0.2, -0.15) is 0 Å². The molecule has 0 bridgehead atoms. The monoisotopic (exact) mass is 320 g/mol. The van der Waals surface area contributed by atoms with Crippen molar-refractivity contribution in [1.82, 2.24) is 0 Å². The van der Waals surface area contributed by atoms with Crippen LogP contribution >= 0.6 is 0 Å². The summed E-state index contributed by atoms with van der Waals surface area (Å²) in [7, 11) is -0.290. The van der Waals surface area contributed by atoms with Crippen LogP contribution in [0.4, 0.5) is 0 Å². The Hall–Kier alpha value is -1.58. The van der Waals surface area contributed by atoms with Crippen LogP contribution in [0.15, 0.2) is 48.5 Å². The molecule has 0 atom stereocenters. The Bertz CT molecular complexity index is 711. The second kappa shape index (κ2) is 5.47. The highest BCUT2D eigenvalue weighted by atomic mass is 16.7. The summed E-state index contributed by atoms with van der Waals surface area (Å²) < 4.78 is 12.2. The van der Waals surface area contributed by atoms with E-state index in [0.717, 1.165) is 11.4 Å². The Kier molecular flexibility index (Phi) is 3.63. The van der Waals surface area contributed by atoms with E-state index in [0.29, 0.717) is 0 Å². The molecular weight excluding hydrogens is 295 g/mol. The van der Waals surface area contributed by atoms with Gasteiger partial charge in [-0.05, 0) is 68.6 Å². The highest BCUT2D eigenvalue weighted by molar-refractivity contribution is 6.62. The molecule has 2 fully saturated rings. The fraction of sp³-hybridized carbons (Fsp3) is 0.429. The van der Waals surface area contributed by atoms with Gasteiger partial charge in [-0.15, -0.1) is 0 Å². The molecule has 1 aliphatic carbocycles. The minimum atomic E-state index is -0.297. The van der Waals surface area contributed by atoms with Gasteiger partial charge in [0.25, 0.3) is 0 Å². The molecule has 0 N–H and O–H groups in total. The zero-order valence-electron chi connectivity index (χ0n) is 15.0. The molecule has 0 amide bonds. The fourth-order valence-electron chi connectivity index (χ4n) is 3.18. The molecule has 4 rings (SSSR count). The van der Waals surface area contributed by atoms with E-state index < -0.39 is 0 Å². The molecular formula is C21H25BO2. The van der Waals surface area contributed by atoms with E-state index >= 15 is 0 Å². The maximum absolute atomic E-state index is 6.12. The summed E-state index contributed by atoms with van der Waals surface area (Å²) in [6.45, 7) is 8.34. The molecule has 2 aromatic carbocycles. The second-order valence-electron chi connectivity index (χ2n) is 8.11. The lowest BCUT2D eigenvalue weighted by molar-refractivity contribution is 0.00578. The average Bonchev–Trinajstić information content (AvgIpc) is 3.36. The van der Waals surface area contributed by atoms with Gasteiger partial charge in [-0.1, -0.05) is 48.5 Å². The van der Waals surface area contributed by atoms with Crippen molar-refractivity contribution in [2.75, 3.05) is 0 Å². The van der Waals surface area contributed by atoms with Crippen LogP contribution in [0.3, 0.4) is 0 Å². The van der Waals surface area contributed by atoms with Crippen molar-refractivity contribution < 1.29 is 9.31 Å². The maximum atomic E-state index is 6.12. The van der Waals surface area contributed by atoms with Crippen molar-refractivity contribution in [1.29, 1.82) is 0 Å². The van der Waals surface area contributed by atoms with E-state index in [1.807, 2.05) is 0 Å². The molecule has 1 aliphatic heterocycles. The van der Waals surface area contributed by atoms with Gasteiger partial charge in [0.15, 0.2) is 0 Å². The van der Waals surface area contributed by atoms with Crippen LogP contribution in [0.5, 0.6) is 0 Å². The Labute approximate surface area is 145 Å². The standard InChI is InChI=1S/C21H25BO2/c1-20(2)21(3,4)24-22(23-20)19-13-11-18(12-14-19)17-9-7-16(8-10-17)15-5-6-15/h7-15H,5-6H2,1-4H3. The molecule has 1 saturated heterocycles. The number of benzene rings is 2. The normalized spacial score (nSPS) is 21.9. The zero-order chi connectivity index (χ0) is 16.9. The van der Waals surface area contributed by atoms with Crippen molar-refractivity contribution in [2.45, 2.75) is 57.7 Å². The summed E-state index contributed by atoms with van der Waals surface area (Å²) in [6.07, 6.45) is 2.70. The summed E-state index contributed by atoms with van der Waals surface area (Å²) in [4.78, 5) is 0. The molecule has 3 heteroatoms. The summed E-state index contributed by atoms with van der Waals surface area (Å²) in [5, 5.41) is 0. The van der Waals surface area contributed by atoms with Gasteiger partial charge < -0.3 is 9.31 Å². The van der Waals surface area contributed by atoms with Gasteiger partial charge in [0.1, 0.15) is 0 Å². The molecule has 0 radical (unpaired) electrons. The molecule has 1 heterocycles. The fourth-order valence-corrected chi connectivity index (χ4v) is 3.18. The van der Waals surface area contributed by atoms with E-state index in [2.05, 4.69) is 76.2 Å². The van der Waals surface area contributed by atoms with E-state index in [1.165, 1.54) is 29.5 Å². The Balaban J connectivity index is 1.52. The maximum Gasteiger partial charge on any atom is 0.494 e. The molecule has 24 heavy (non-hydrogen) atoms. The van der Waals surface area contributed by atoms with Crippen LogP contribution in [0.2, 0.25) is 0 Å². The third-order valence-electron chi connectivity index (χ3n) is 5.73. The molecule has 124 valence electrons. The third-order valence-corrected chi connectivity index (χ3v) is 5.73. The third kappa shape index (κ3) is 2.80. The van der Waals surface area contributed by atoms with Crippen molar-refractivity contribution in [3.05, 3.63) is 54.1 Å². The lowest BCUT2D eigenvalue weighted by Crippen LogP contribution is -2.41. The van der Waals surface area contributed by atoms with Crippen molar-refractivity contribution in [2.24, 2.45) is 0 Å². The zero-order valence-corrected chi connectivity index (χ0v) is 15.0. The topological polar surface area (TPSA) is 18.5 Å². The lowest BCUT2D eigenvalue weighted by atomic mass is 9.78. The molecule has 2 aromatic rings. The predicted molar refractivity (Wildman–Crippen MR) is 99.6 cm³/mol. The minimum Gasteiger partial charge on any atom is -0.399 e. The van der Waals surface area contributed by atoms with Gasteiger partial charge in [-0.25, -0.2) is 0 Å². The predicted octanol–water partition coefficient (Wildman–Crippen LogP) is 4.53. The SMILES string of the molecule is CC1(C)OB(c2ccc(-c3ccc(C4CC4)cc3)cc2)OC1(C)C. The highest BCUT2D eigenvalue weighted by Crippen LogP contribution is 2.40. The first-order valence-electron chi connectivity index (χ1n) is 8.92. The number of rotatable bonds is 3. The van der Waals surface area contributed by atoms with Gasteiger partial charge in [0.2, 0.25) is 0 Å². The van der Waals surface area contributed by atoms with Gasteiger partial charge in [0, 0.05) is 0 Å². The number of hydrogen-bond donors (Lipinski definition) is 0. The minimum absolute atomic E-state index is 0.290. The summed E-state index contributed by atoms with van der Waals surface area (Å²) in [5.74, 6) is 0.810.